The Bertz CT molecular complexity index is 454. The number of carbonyl (C=O) groups excluding carboxylic acids is 1. The van der Waals surface area contributed by atoms with Gasteiger partial charge in [-0.3, -0.25) is 4.79 Å². The molecule has 0 aliphatic carbocycles. The molecule has 0 aromatic rings. The van der Waals surface area contributed by atoms with E-state index in [-0.39, 0.29) is 23.6 Å². The van der Waals surface area contributed by atoms with E-state index in [0.717, 1.165) is 5.75 Å². The quantitative estimate of drug-likeness (QED) is 0.756. The summed E-state index contributed by atoms with van der Waals surface area (Å²) < 4.78 is 29.7. The number of hydrogen-bond acceptors (Lipinski definition) is 6. The molecule has 2 heterocycles. The minimum absolute atomic E-state index is 0.0259. The van der Waals surface area contributed by atoms with E-state index in [0.29, 0.717) is 25.5 Å². The number of likely N-dealkylation sites (N-methyl/N-ethyl adjacent to an activating group) is 1. The second-order valence-electron chi connectivity index (χ2n) is 5.05. The van der Waals surface area contributed by atoms with Crippen LogP contribution >= 0.6 is 11.8 Å². The van der Waals surface area contributed by atoms with E-state index in [1.807, 2.05) is 0 Å². The van der Waals surface area contributed by atoms with Gasteiger partial charge in [0.05, 0.1) is 19.1 Å². The van der Waals surface area contributed by atoms with E-state index < -0.39 is 15.2 Å². The standard InChI is InChI=1S/C12H22N2O4S2/c1-3-20(16,17)11-8-19-5-4-14(11)12(15)9-6-18-7-10(9)13-2/h9-11,13H,3-8H2,1-2H3. The summed E-state index contributed by atoms with van der Waals surface area (Å²) >= 11 is 1.60. The number of carbonyl (C=O) groups is 1. The fraction of sp³-hybridized carbons (Fsp3) is 0.917. The molecule has 20 heavy (non-hydrogen) atoms. The average Bonchev–Trinajstić information content (AvgIpc) is 2.95. The van der Waals surface area contributed by atoms with Crippen molar-refractivity contribution in [3.05, 3.63) is 0 Å². The van der Waals surface area contributed by atoms with Gasteiger partial charge >= 0.3 is 0 Å². The van der Waals surface area contributed by atoms with Crippen LogP contribution in [0.3, 0.4) is 0 Å². The van der Waals surface area contributed by atoms with Crippen LogP contribution in [0, 0.1) is 5.92 Å². The lowest BCUT2D eigenvalue weighted by Gasteiger charge is -2.36. The molecule has 2 fully saturated rings. The lowest BCUT2D eigenvalue weighted by Crippen LogP contribution is -2.55. The number of nitrogens with one attached hydrogen (secondary N) is 1. The summed E-state index contributed by atoms with van der Waals surface area (Å²) in [4.78, 5) is 14.2. The van der Waals surface area contributed by atoms with E-state index in [4.69, 9.17) is 4.74 Å². The molecule has 0 aromatic heterocycles. The van der Waals surface area contributed by atoms with Crippen molar-refractivity contribution in [3.8, 4) is 0 Å². The summed E-state index contributed by atoms with van der Waals surface area (Å²) in [5, 5.41) is 2.39. The molecule has 6 nitrogen and oxygen atoms in total. The van der Waals surface area contributed by atoms with Crippen molar-refractivity contribution >= 4 is 27.5 Å². The zero-order valence-corrected chi connectivity index (χ0v) is 13.5. The monoisotopic (exact) mass is 322 g/mol. The maximum absolute atomic E-state index is 12.7. The third kappa shape index (κ3) is 3.13. The molecular weight excluding hydrogens is 300 g/mol. The maximum Gasteiger partial charge on any atom is 0.230 e. The summed E-state index contributed by atoms with van der Waals surface area (Å²) in [7, 11) is -1.45. The van der Waals surface area contributed by atoms with Gasteiger partial charge in [0, 0.05) is 29.8 Å². The van der Waals surface area contributed by atoms with Crippen LogP contribution in [-0.4, -0.2) is 74.7 Å². The molecule has 0 saturated carbocycles. The van der Waals surface area contributed by atoms with Crippen LogP contribution in [-0.2, 0) is 19.4 Å². The van der Waals surface area contributed by atoms with Crippen molar-refractivity contribution in [1.82, 2.24) is 10.2 Å². The maximum atomic E-state index is 12.7. The van der Waals surface area contributed by atoms with Gasteiger partial charge in [0.25, 0.3) is 0 Å². The smallest absolute Gasteiger partial charge is 0.230 e. The van der Waals surface area contributed by atoms with Crippen LogP contribution in [0.5, 0.6) is 0 Å². The Morgan fingerprint density at radius 1 is 1.45 bits per heavy atom. The molecule has 0 bridgehead atoms. The molecule has 0 aromatic carbocycles. The number of nitrogens with zero attached hydrogens (tertiary/aromatic N) is 1. The van der Waals surface area contributed by atoms with Crippen LogP contribution < -0.4 is 5.32 Å². The van der Waals surface area contributed by atoms with Crippen molar-refractivity contribution in [2.75, 3.05) is 44.1 Å². The number of thioether (sulfide) groups is 1. The predicted molar refractivity (Wildman–Crippen MR) is 79.4 cm³/mol. The summed E-state index contributed by atoms with van der Waals surface area (Å²) in [6, 6.07) is -0.0259. The summed E-state index contributed by atoms with van der Waals surface area (Å²) in [5.41, 5.74) is 0. The zero-order valence-electron chi connectivity index (χ0n) is 11.9. The minimum Gasteiger partial charge on any atom is -0.379 e. The Morgan fingerprint density at radius 3 is 2.85 bits per heavy atom. The van der Waals surface area contributed by atoms with Gasteiger partial charge in [-0.2, -0.15) is 11.8 Å². The SMILES string of the molecule is CCS(=O)(=O)C1CSCCN1C(=O)C1COCC1NC. The molecule has 0 radical (unpaired) electrons. The van der Waals surface area contributed by atoms with E-state index in [1.54, 1.807) is 30.6 Å². The summed E-state index contributed by atoms with van der Waals surface area (Å²) in [6.45, 7) is 3.00. The van der Waals surface area contributed by atoms with Gasteiger partial charge in [-0.25, -0.2) is 8.42 Å². The number of rotatable bonds is 4. The molecule has 2 rings (SSSR count). The highest BCUT2D eigenvalue weighted by molar-refractivity contribution is 8.01. The molecule has 2 aliphatic heterocycles. The topological polar surface area (TPSA) is 75.7 Å². The van der Waals surface area contributed by atoms with Gasteiger partial charge in [-0.05, 0) is 7.05 Å². The highest BCUT2D eigenvalue weighted by Crippen LogP contribution is 2.25. The van der Waals surface area contributed by atoms with E-state index in [1.165, 1.54) is 0 Å². The molecule has 116 valence electrons. The van der Waals surface area contributed by atoms with Crippen molar-refractivity contribution < 1.29 is 17.9 Å². The number of sulfone groups is 1. The fourth-order valence-corrected chi connectivity index (χ4v) is 5.59. The van der Waals surface area contributed by atoms with Crippen LogP contribution in [0.1, 0.15) is 6.92 Å². The van der Waals surface area contributed by atoms with Crippen LogP contribution in [0.15, 0.2) is 0 Å². The molecule has 1 N–H and O–H groups in total. The second-order valence-corrected chi connectivity index (χ2v) is 8.65. The average molecular weight is 322 g/mol. The van der Waals surface area contributed by atoms with Gasteiger partial charge in [-0.1, -0.05) is 6.92 Å². The second kappa shape index (κ2) is 6.64. The first-order valence-corrected chi connectivity index (χ1v) is 9.73. The molecule has 1 amide bonds. The molecule has 3 unspecified atom stereocenters. The van der Waals surface area contributed by atoms with E-state index in [9.17, 15) is 13.2 Å². The van der Waals surface area contributed by atoms with Gasteiger partial charge in [0.2, 0.25) is 5.91 Å². The first kappa shape index (κ1) is 16.1. The molecule has 3 atom stereocenters. The van der Waals surface area contributed by atoms with Crippen molar-refractivity contribution in [2.24, 2.45) is 5.92 Å². The first-order valence-electron chi connectivity index (χ1n) is 6.86. The Kier molecular flexibility index (Phi) is 5.33. The largest absolute Gasteiger partial charge is 0.379 e. The molecule has 0 spiro atoms. The molecule has 8 heteroatoms. The van der Waals surface area contributed by atoms with E-state index in [2.05, 4.69) is 5.32 Å². The highest BCUT2D eigenvalue weighted by Gasteiger charge is 2.42. The molecule has 2 aliphatic rings. The van der Waals surface area contributed by atoms with Gasteiger partial charge in [0.15, 0.2) is 9.84 Å². The van der Waals surface area contributed by atoms with Crippen LogP contribution in [0.2, 0.25) is 0 Å². The Labute approximate surface area is 124 Å². The third-order valence-corrected chi connectivity index (χ3v) is 7.24. The van der Waals surface area contributed by atoms with Crippen LogP contribution in [0.4, 0.5) is 0 Å². The summed E-state index contributed by atoms with van der Waals surface area (Å²) in [5.74, 6) is 0.958. The molecule has 2 saturated heterocycles. The van der Waals surface area contributed by atoms with Gasteiger partial charge < -0.3 is 15.0 Å². The number of hydrogen-bond donors (Lipinski definition) is 1. The number of ether oxygens (including phenoxy) is 1. The highest BCUT2D eigenvalue weighted by atomic mass is 32.2. The predicted octanol–water partition coefficient (Wildman–Crippen LogP) is -0.443. The molecular formula is C12H22N2O4S2. The van der Waals surface area contributed by atoms with E-state index >= 15 is 0 Å². The van der Waals surface area contributed by atoms with Gasteiger partial charge in [-0.15, -0.1) is 0 Å². The Balaban J connectivity index is 2.17. The fourth-order valence-electron chi connectivity index (χ4n) is 2.62. The van der Waals surface area contributed by atoms with Gasteiger partial charge in [0.1, 0.15) is 5.37 Å². The lowest BCUT2D eigenvalue weighted by atomic mass is 10.0. The normalized spacial score (nSPS) is 31.5. The number of amides is 1. The Hall–Kier alpha value is -0.310. The Morgan fingerprint density at radius 2 is 2.20 bits per heavy atom. The zero-order chi connectivity index (χ0) is 14.8. The van der Waals surface area contributed by atoms with Crippen molar-refractivity contribution in [2.45, 2.75) is 18.3 Å². The minimum atomic E-state index is -3.25. The summed E-state index contributed by atoms with van der Waals surface area (Å²) in [6.07, 6.45) is 0. The first-order chi connectivity index (χ1) is 9.51. The lowest BCUT2D eigenvalue weighted by molar-refractivity contribution is -0.136. The van der Waals surface area contributed by atoms with Crippen molar-refractivity contribution in [1.29, 1.82) is 0 Å². The van der Waals surface area contributed by atoms with Crippen LogP contribution in [0.25, 0.3) is 0 Å². The third-order valence-electron chi connectivity index (χ3n) is 3.95. The van der Waals surface area contributed by atoms with Crippen molar-refractivity contribution in [3.63, 3.8) is 0 Å².